The molecule has 1 aromatic carbocycles. The summed E-state index contributed by atoms with van der Waals surface area (Å²) in [4.78, 5) is 11.5. The van der Waals surface area contributed by atoms with E-state index in [0.717, 1.165) is 0 Å². The third kappa shape index (κ3) is 2.73. The van der Waals surface area contributed by atoms with Crippen molar-refractivity contribution in [2.75, 3.05) is 0 Å². The van der Waals surface area contributed by atoms with Gasteiger partial charge in [-0.25, -0.2) is 8.42 Å². The van der Waals surface area contributed by atoms with Gasteiger partial charge in [0.25, 0.3) is 0 Å². The van der Waals surface area contributed by atoms with Crippen molar-refractivity contribution in [2.24, 2.45) is 0 Å². The van der Waals surface area contributed by atoms with Gasteiger partial charge in [0.1, 0.15) is 0 Å². The van der Waals surface area contributed by atoms with E-state index in [0.29, 0.717) is 8.95 Å². The minimum Gasteiger partial charge on any atom is -0.480 e. The van der Waals surface area contributed by atoms with Crippen LogP contribution in [0.3, 0.4) is 0 Å². The number of carbonyl (C=O) groups is 1. The van der Waals surface area contributed by atoms with Gasteiger partial charge in [-0.15, -0.1) is 0 Å². The normalized spacial score (nSPS) is 12.4. The smallest absolute Gasteiger partial charge is 0.325 e. The molecule has 19 heavy (non-hydrogen) atoms. The van der Waals surface area contributed by atoms with Gasteiger partial charge in [0.2, 0.25) is 0 Å². The fraction of sp³-hybridized carbons (Fsp3) is 0.417. The Morgan fingerprint density at radius 1 is 1.26 bits per heavy atom. The van der Waals surface area contributed by atoms with Gasteiger partial charge in [0.05, 0.1) is 4.90 Å². The number of benzene rings is 1. The van der Waals surface area contributed by atoms with Crippen LogP contribution in [0, 0.1) is 0 Å². The monoisotopic (exact) mass is 412 g/mol. The van der Waals surface area contributed by atoms with Crippen LogP contribution in [0.15, 0.2) is 32.0 Å². The second kappa shape index (κ2) is 5.93. The summed E-state index contributed by atoms with van der Waals surface area (Å²) >= 11 is 6.38. The van der Waals surface area contributed by atoms with E-state index in [9.17, 15) is 18.3 Å². The molecular formula is C12H14Br2O4S. The SMILES string of the molecule is CCC(CC)(C(=O)O)S(=O)(=O)c1cc(Br)ccc1Br. The van der Waals surface area contributed by atoms with Crippen molar-refractivity contribution in [1.82, 2.24) is 0 Å². The molecule has 4 nitrogen and oxygen atoms in total. The molecule has 0 spiro atoms. The van der Waals surface area contributed by atoms with E-state index >= 15 is 0 Å². The zero-order chi connectivity index (χ0) is 14.8. The summed E-state index contributed by atoms with van der Waals surface area (Å²) in [5.41, 5.74) is 0. The van der Waals surface area contributed by atoms with Gasteiger partial charge < -0.3 is 5.11 Å². The van der Waals surface area contributed by atoms with Crippen molar-refractivity contribution in [3.05, 3.63) is 27.1 Å². The third-order valence-electron chi connectivity index (χ3n) is 3.23. The summed E-state index contributed by atoms with van der Waals surface area (Å²) in [5.74, 6) is -1.32. The summed E-state index contributed by atoms with van der Waals surface area (Å²) in [5, 5.41) is 9.37. The molecule has 0 fully saturated rings. The first kappa shape index (κ1) is 16.7. The molecule has 106 valence electrons. The number of hydrogen-bond acceptors (Lipinski definition) is 3. The standard InChI is InChI=1S/C12H14Br2O4S/c1-3-12(4-2,11(15)16)19(17,18)10-7-8(13)5-6-9(10)14/h5-7H,3-4H2,1-2H3,(H,15,16). The summed E-state index contributed by atoms with van der Waals surface area (Å²) in [6, 6.07) is 4.68. The highest BCUT2D eigenvalue weighted by molar-refractivity contribution is 9.11. The number of rotatable bonds is 5. The van der Waals surface area contributed by atoms with Crippen molar-refractivity contribution in [2.45, 2.75) is 36.3 Å². The van der Waals surface area contributed by atoms with Crippen LogP contribution in [0.5, 0.6) is 0 Å². The Hall–Kier alpha value is -0.400. The summed E-state index contributed by atoms with van der Waals surface area (Å²) in [6.45, 7) is 3.14. The quantitative estimate of drug-likeness (QED) is 0.799. The number of carboxylic acids is 1. The van der Waals surface area contributed by atoms with Crippen molar-refractivity contribution in [3.63, 3.8) is 0 Å². The highest BCUT2D eigenvalue weighted by atomic mass is 79.9. The molecule has 0 aliphatic heterocycles. The molecular weight excluding hydrogens is 400 g/mol. The molecule has 7 heteroatoms. The van der Waals surface area contributed by atoms with Gasteiger partial charge in [0, 0.05) is 8.95 Å². The Kier molecular flexibility index (Phi) is 5.20. The van der Waals surface area contributed by atoms with Crippen LogP contribution in [-0.2, 0) is 14.6 Å². The van der Waals surface area contributed by atoms with Gasteiger partial charge in [-0.3, -0.25) is 4.79 Å². The first-order chi connectivity index (χ1) is 8.72. The number of sulfone groups is 1. The molecule has 0 aliphatic carbocycles. The van der Waals surface area contributed by atoms with E-state index in [1.807, 2.05) is 0 Å². The van der Waals surface area contributed by atoms with E-state index < -0.39 is 20.6 Å². The van der Waals surface area contributed by atoms with Crippen LogP contribution in [0.2, 0.25) is 0 Å². The molecule has 0 aromatic heterocycles. The van der Waals surface area contributed by atoms with E-state index in [2.05, 4.69) is 31.9 Å². The Morgan fingerprint density at radius 2 is 1.79 bits per heavy atom. The van der Waals surface area contributed by atoms with Crippen LogP contribution in [0.25, 0.3) is 0 Å². The lowest BCUT2D eigenvalue weighted by atomic mass is 10.0. The second-order valence-electron chi connectivity index (χ2n) is 4.08. The molecule has 0 amide bonds. The molecule has 0 unspecified atom stereocenters. The van der Waals surface area contributed by atoms with Crippen LogP contribution in [-0.4, -0.2) is 24.2 Å². The zero-order valence-corrected chi connectivity index (χ0v) is 14.5. The molecule has 1 N–H and O–H groups in total. The van der Waals surface area contributed by atoms with Gasteiger partial charge in [0.15, 0.2) is 14.6 Å². The highest BCUT2D eigenvalue weighted by Gasteiger charge is 2.49. The third-order valence-corrected chi connectivity index (χ3v) is 7.37. The topological polar surface area (TPSA) is 71.4 Å². The minimum absolute atomic E-state index is 0.00650. The molecule has 0 aliphatic rings. The molecule has 0 bridgehead atoms. The van der Waals surface area contributed by atoms with Gasteiger partial charge in [-0.1, -0.05) is 29.8 Å². The van der Waals surface area contributed by atoms with E-state index in [1.54, 1.807) is 26.0 Å². The maximum Gasteiger partial charge on any atom is 0.325 e. The predicted octanol–water partition coefficient (Wildman–Crippen LogP) is 3.63. The predicted molar refractivity (Wildman–Crippen MR) is 80.0 cm³/mol. The molecule has 1 rings (SSSR count). The molecule has 0 atom stereocenters. The highest BCUT2D eigenvalue weighted by Crippen LogP contribution is 2.37. The lowest BCUT2D eigenvalue weighted by Crippen LogP contribution is -2.45. The molecule has 0 saturated heterocycles. The largest absolute Gasteiger partial charge is 0.480 e. The second-order valence-corrected chi connectivity index (χ2v) is 8.08. The van der Waals surface area contributed by atoms with E-state index in [4.69, 9.17) is 0 Å². The Balaban J connectivity index is 3.62. The van der Waals surface area contributed by atoms with E-state index in [-0.39, 0.29) is 17.7 Å². The summed E-state index contributed by atoms with van der Waals surface area (Å²) < 4.78 is 24.6. The molecule has 1 aromatic rings. The van der Waals surface area contributed by atoms with Gasteiger partial charge in [-0.2, -0.15) is 0 Å². The minimum atomic E-state index is -3.99. The maximum atomic E-state index is 12.7. The Morgan fingerprint density at radius 3 is 2.21 bits per heavy atom. The Labute approximate surface area is 129 Å². The fourth-order valence-electron chi connectivity index (χ4n) is 1.94. The number of hydrogen-bond donors (Lipinski definition) is 1. The first-order valence-corrected chi connectivity index (χ1v) is 8.73. The van der Waals surface area contributed by atoms with Crippen molar-refractivity contribution in [3.8, 4) is 0 Å². The molecule has 0 heterocycles. The van der Waals surface area contributed by atoms with Crippen LogP contribution in [0.4, 0.5) is 0 Å². The van der Waals surface area contributed by atoms with Gasteiger partial charge in [-0.05, 0) is 47.0 Å². The molecule has 0 radical (unpaired) electrons. The summed E-state index contributed by atoms with van der Waals surface area (Å²) in [7, 11) is -3.99. The van der Waals surface area contributed by atoms with Crippen molar-refractivity contribution >= 4 is 47.7 Å². The maximum absolute atomic E-state index is 12.7. The summed E-state index contributed by atoms with van der Waals surface area (Å²) in [6.07, 6.45) is 0.0280. The van der Waals surface area contributed by atoms with Crippen LogP contribution in [0.1, 0.15) is 26.7 Å². The number of aliphatic carboxylic acids is 1. The van der Waals surface area contributed by atoms with Crippen LogP contribution < -0.4 is 0 Å². The Bertz CT molecular complexity index is 592. The van der Waals surface area contributed by atoms with Crippen molar-refractivity contribution in [1.29, 1.82) is 0 Å². The number of carboxylic acid groups (broad SMARTS) is 1. The lowest BCUT2D eigenvalue weighted by molar-refractivity contribution is -0.140. The molecule has 0 saturated carbocycles. The lowest BCUT2D eigenvalue weighted by Gasteiger charge is -2.27. The van der Waals surface area contributed by atoms with E-state index in [1.165, 1.54) is 6.07 Å². The average molecular weight is 414 g/mol. The fourth-order valence-corrected chi connectivity index (χ4v) is 5.36. The first-order valence-electron chi connectivity index (χ1n) is 5.66. The van der Waals surface area contributed by atoms with Crippen LogP contribution >= 0.6 is 31.9 Å². The van der Waals surface area contributed by atoms with Gasteiger partial charge >= 0.3 is 5.97 Å². The van der Waals surface area contributed by atoms with Crippen molar-refractivity contribution < 1.29 is 18.3 Å². The number of halogens is 2. The average Bonchev–Trinajstić information content (AvgIpc) is 2.33. The zero-order valence-electron chi connectivity index (χ0n) is 10.5.